The van der Waals surface area contributed by atoms with E-state index >= 15 is 0 Å². The number of carbonyl (C=O) groups excluding carboxylic acids is 2. The van der Waals surface area contributed by atoms with Crippen LogP contribution in [0.3, 0.4) is 0 Å². The Hall–Kier alpha value is -3.05. The molecule has 0 aromatic heterocycles. The summed E-state index contributed by atoms with van der Waals surface area (Å²) in [4.78, 5) is 28.7. The van der Waals surface area contributed by atoms with Crippen LogP contribution in [0.4, 0.5) is 0 Å². The number of thioether (sulfide) groups is 1. The maximum atomic E-state index is 13.6. The van der Waals surface area contributed by atoms with E-state index in [1.54, 1.807) is 16.7 Å². The molecule has 0 bridgehead atoms. The Kier molecular flexibility index (Phi) is 10.4. The Balaban J connectivity index is 1.82. The monoisotopic (exact) mass is 488 g/mol. The van der Waals surface area contributed by atoms with Crippen LogP contribution in [0.25, 0.3) is 0 Å². The highest BCUT2D eigenvalue weighted by Crippen LogP contribution is 2.19. The number of benzene rings is 3. The number of amides is 2. The van der Waals surface area contributed by atoms with Crippen LogP contribution in [0.1, 0.15) is 41.2 Å². The Morgan fingerprint density at radius 1 is 0.857 bits per heavy atom. The SMILES string of the molecule is CCCNC(=O)[C@H](Cc1ccccc1)N(Cc1ccc(C)cc1)C(=O)CSCc1cccc(C)c1. The number of hydrogen-bond acceptors (Lipinski definition) is 3. The fourth-order valence-electron chi connectivity index (χ4n) is 3.95. The molecule has 1 N–H and O–H groups in total. The minimum atomic E-state index is -0.572. The Morgan fingerprint density at radius 3 is 2.26 bits per heavy atom. The maximum absolute atomic E-state index is 13.6. The summed E-state index contributed by atoms with van der Waals surface area (Å²) in [5.41, 5.74) is 5.65. The quantitative estimate of drug-likeness (QED) is 0.356. The predicted molar refractivity (Wildman–Crippen MR) is 146 cm³/mol. The van der Waals surface area contributed by atoms with Gasteiger partial charge in [-0.05, 0) is 37.0 Å². The van der Waals surface area contributed by atoms with Gasteiger partial charge in [0.1, 0.15) is 6.04 Å². The molecule has 2 amide bonds. The second kappa shape index (κ2) is 13.7. The van der Waals surface area contributed by atoms with E-state index in [0.717, 1.165) is 23.3 Å². The van der Waals surface area contributed by atoms with Crippen molar-refractivity contribution in [3.05, 3.63) is 107 Å². The Bertz CT molecular complexity index is 1080. The summed E-state index contributed by atoms with van der Waals surface area (Å²) in [6, 6.07) is 25.9. The fourth-order valence-corrected chi connectivity index (χ4v) is 4.81. The lowest BCUT2D eigenvalue weighted by Gasteiger charge is -2.31. The smallest absolute Gasteiger partial charge is 0.243 e. The van der Waals surface area contributed by atoms with E-state index in [-0.39, 0.29) is 11.8 Å². The van der Waals surface area contributed by atoms with Crippen LogP contribution in [0.5, 0.6) is 0 Å². The van der Waals surface area contributed by atoms with E-state index < -0.39 is 6.04 Å². The van der Waals surface area contributed by atoms with Gasteiger partial charge in [-0.1, -0.05) is 96.9 Å². The van der Waals surface area contributed by atoms with Gasteiger partial charge in [0.15, 0.2) is 0 Å². The molecule has 184 valence electrons. The number of carbonyl (C=O) groups is 2. The summed E-state index contributed by atoms with van der Waals surface area (Å²) in [5.74, 6) is 0.971. The van der Waals surface area contributed by atoms with Crippen LogP contribution < -0.4 is 5.32 Å². The molecule has 0 radical (unpaired) electrons. The Labute approximate surface area is 214 Å². The van der Waals surface area contributed by atoms with E-state index in [2.05, 4.69) is 30.4 Å². The van der Waals surface area contributed by atoms with Gasteiger partial charge in [0, 0.05) is 25.3 Å². The molecule has 1 atom stereocenters. The largest absolute Gasteiger partial charge is 0.354 e. The first-order valence-electron chi connectivity index (χ1n) is 12.3. The molecule has 3 rings (SSSR count). The molecule has 0 aliphatic carbocycles. The van der Waals surface area contributed by atoms with Crippen LogP contribution in [0.2, 0.25) is 0 Å². The zero-order chi connectivity index (χ0) is 25.0. The van der Waals surface area contributed by atoms with Crippen LogP contribution in [0, 0.1) is 13.8 Å². The van der Waals surface area contributed by atoms with Crippen LogP contribution in [-0.2, 0) is 28.3 Å². The topological polar surface area (TPSA) is 49.4 Å². The molecule has 0 saturated heterocycles. The average molecular weight is 489 g/mol. The lowest BCUT2D eigenvalue weighted by molar-refractivity contribution is -0.139. The lowest BCUT2D eigenvalue weighted by Crippen LogP contribution is -2.51. The number of rotatable bonds is 12. The lowest BCUT2D eigenvalue weighted by atomic mass is 10.0. The van der Waals surface area contributed by atoms with Crippen LogP contribution in [0.15, 0.2) is 78.9 Å². The van der Waals surface area contributed by atoms with Crippen molar-refractivity contribution in [1.82, 2.24) is 10.2 Å². The highest BCUT2D eigenvalue weighted by molar-refractivity contribution is 7.99. The highest BCUT2D eigenvalue weighted by atomic mass is 32.2. The Morgan fingerprint density at radius 2 is 1.57 bits per heavy atom. The molecular formula is C30H36N2O2S. The summed E-state index contributed by atoms with van der Waals surface area (Å²) in [6.07, 6.45) is 1.33. The third-order valence-electron chi connectivity index (χ3n) is 5.87. The molecule has 3 aromatic rings. The average Bonchev–Trinajstić information content (AvgIpc) is 2.86. The minimum absolute atomic E-state index is 0.0178. The first kappa shape index (κ1) is 26.6. The van der Waals surface area contributed by atoms with Crippen molar-refractivity contribution in [2.24, 2.45) is 0 Å². The van der Waals surface area contributed by atoms with Crippen molar-refractivity contribution >= 4 is 23.6 Å². The van der Waals surface area contributed by atoms with Crippen LogP contribution in [-0.4, -0.2) is 35.1 Å². The highest BCUT2D eigenvalue weighted by Gasteiger charge is 2.30. The van der Waals surface area contributed by atoms with Gasteiger partial charge in [-0.25, -0.2) is 0 Å². The van der Waals surface area contributed by atoms with Gasteiger partial charge >= 0.3 is 0 Å². The van der Waals surface area contributed by atoms with Gasteiger partial charge in [-0.3, -0.25) is 9.59 Å². The number of aryl methyl sites for hydroxylation is 2. The molecule has 0 aliphatic heterocycles. The molecule has 35 heavy (non-hydrogen) atoms. The van der Waals surface area contributed by atoms with E-state index in [1.807, 2.05) is 74.5 Å². The first-order valence-corrected chi connectivity index (χ1v) is 13.4. The van der Waals surface area contributed by atoms with Gasteiger partial charge in [0.2, 0.25) is 11.8 Å². The van der Waals surface area contributed by atoms with Crippen molar-refractivity contribution in [2.75, 3.05) is 12.3 Å². The number of nitrogens with one attached hydrogen (secondary N) is 1. The molecule has 0 unspecified atom stereocenters. The molecule has 4 nitrogen and oxygen atoms in total. The standard InChI is InChI=1S/C30H36N2O2S/c1-4-17-31-30(34)28(19-25-10-6-5-7-11-25)32(20-26-15-13-23(2)14-16-26)29(33)22-35-21-27-12-8-9-24(3)18-27/h5-16,18,28H,4,17,19-22H2,1-3H3,(H,31,34)/t28-/m0/s1. The first-order chi connectivity index (χ1) is 17.0. The van der Waals surface area contributed by atoms with Gasteiger partial charge in [-0.15, -0.1) is 11.8 Å². The second-order valence-electron chi connectivity index (χ2n) is 8.99. The van der Waals surface area contributed by atoms with Gasteiger partial charge < -0.3 is 10.2 Å². The third kappa shape index (κ3) is 8.59. The zero-order valence-corrected chi connectivity index (χ0v) is 21.8. The molecule has 0 aliphatic rings. The van der Waals surface area contributed by atoms with Gasteiger partial charge in [0.25, 0.3) is 0 Å². The van der Waals surface area contributed by atoms with E-state index in [4.69, 9.17) is 0 Å². The molecule has 0 spiro atoms. The van der Waals surface area contributed by atoms with E-state index in [0.29, 0.717) is 25.3 Å². The third-order valence-corrected chi connectivity index (χ3v) is 6.86. The summed E-state index contributed by atoms with van der Waals surface area (Å²) in [5, 5.41) is 3.03. The van der Waals surface area contributed by atoms with Crippen LogP contribution >= 0.6 is 11.8 Å². The number of nitrogens with zero attached hydrogens (tertiary/aromatic N) is 1. The summed E-state index contributed by atoms with van der Waals surface area (Å²) in [6.45, 7) is 7.15. The van der Waals surface area contributed by atoms with Crippen molar-refractivity contribution in [3.8, 4) is 0 Å². The van der Waals surface area contributed by atoms with Crippen molar-refractivity contribution in [3.63, 3.8) is 0 Å². The molecule has 3 aromatic carbocycles. The molecule has 0 heterocycles. The normalized spacial score (nSPS) is 11.6. The van der Waals surface area contributed by atoms with E-state index in [9.17, 15) is 9.59 Å². The maximum Gasteiger partial charge on any atom is 0.243 e. The van der Waals surface area contributed by atoms with Crippen molar-refractivity contribution in [2.45, 2.75) is 52.0 Å². The fraction of sp³-hybridized carbons (Fsp3) is 0.333. The van der Waals surface area contributed by atoms with Gasteiger partial charge in [-0.2, -0.15) is 0 Å². The molecule has 5 heteroatoms. The van der Waals surface area contributed by atoms with Crippen molar-refractivity contribution in [1.29, 1.82) is 0 Å². The molecular weight excluding hydrogens is 452 g/mol. The minimum Gasteiger partial charge on any atom is -0.354 e. The van der Waals surface area contributed by atoms with Crippen molar-refractivity contribution < 1.29 is 9.59 Å². The zero-order valence-electron chi connectivity index (χ0n) is 21.0. The summed E-state index contributed by atoms with van der Waals surface area (Å²) in [7, 11) is 0. The van der Waals surface area contributed by atoms with E-state index in [1.165, 1.54) is 16.7 Å². The summed E-state index contributed by atoms with van der Waals surface area (Å²) < 4.78 is 0. The second-order valence-corrected chi connectivity index (χ2v) is 9.97. The number of hydrogen-bond donors (Lipinski definition) is 1. The molecule has 0 fully saturated rings. The molecule has 0 saturated carbocycles. The van der Waals surface area contributed by atoms with Gasteiger partial charge in [0.05, 0.1) is 5.75 Å². The summed E-state index contributed by atoms with van der Waals surface area (Å²) >= 11 is 1.59. The predicted octanol–water partition coefficient (Wildman–Crippen LogP) is 5.70.